The standard InChI is InChI=1S/C24H28ClN3O2/c1-27(13-11-16-6-3-4-8-20(16)25)12-5-7-17-9-10-18-14-21-22(15-19(18)23(17)29)28(2)24(30)26-21/h3-4,6,8,14-15,17H,5,7,9-13H2,1-2H3,(H,26,30). The Morgan fingerprint density at radius 1 is 1.20 bits per heavy atom. The van der Waals surface area contributed by atoms with Crippen LogP contribution in [0.5, 0.6) is 0 Å². The molecule has 0 saturated heterocycles. The number of likely N-dealkylation sites (N-methyl/N-ethyl adjacent to an activating group) is 1. The lowest BCUT2D eigenvalue weighted by Crippen LogP contribution is -2.26. The molecule has 1 aromatic heterocycles. The number of nitrogens with one attached hydrogen (secondary N) is 1. The van der Waals surface area contributed by atoms with Crippen molar-refractivity contribution in [1.82, 2.24) is 14.5 Å². The molecular weight excluding hydrogens is 398 g/mol. The summed E-state index contributed by atoms with van der Waals surface area (Å²) in [5.41, 5.74) is 4.49. The molecule has 1 aliphatic rings. The minimum absolute atomic E-state index is 0.0721. The number of aromatic amines is 1. The SMILES string of the molecule is CN(CCCC1CCc2cc3[nH]c(=O)n(C)c3cc2C1=O)CCc1ccccc1Cl. The van der Waals surface area contributed by atoms with Crippen molar-refractivity contribution < 1.29 is 4.79 Å². The van der Waals surface area contributed by atoms with E-state index in [9.17, 15) is 9.59 Å². The molecule has 30 heavy (non-hydrogen) atoms. The quantitative estimate of drug-likeness (QED) is 0.616. The lowest BCUT2D eigenvalue weighted by atomic mass is 9.80. The smallest absolute Gasteiger partial charge is 0.306 e. The van der Waals surface area contributed by atoms with Crippen LogP contribution in [0.2, 0.25) is 5.02 Å². The third kappa shape index (κ3) is 4.23. The van der Waals surface area contributed by atoms with Crippen molar-refractivity contribution in [2.45, 2.75) is 32.1 Å². The molecule has 0 saturated carbocycles. The fourth-order valence-electron chi connectivity index (χ4n) is 4.44. The topological polar surface area (TPSA) is 58.1 Å². The largest absolute Gasteiger partial charge is 0.326 e. The predicted octanol–water partition coefficient (Wildman–Crippen LogP) is 4.22. The van der Waals surface area contributed by atoms with E-state index in [0.29, 0.717) is 0 Å². The molecule has 1 atom stereocenters. The molecule has 4 rings (SSSR count). The monoisotopic (exact) mass is 425 g/mol. The third-order valence-corrected chi connectivity index (χ3v) is 6.71. The number of benzene rings is 2. The maximum absolute atomic E-state index is 13.1. The Morgan fingerprint density at radius 3 is 2.80 bits per heavy atom. The number of ketones is 1. The zero-order chi connectivity index (χ0) is 21.3. The number of fused-ring (bicyclic) bond motifs is 2. The fraction of sp³-hybridized carbons (Fsp3) is 0.417. The van der Waals surface area contributed by atoms with E-state index >= 15 is 0 Å². The Morgan fingerprint density at radius 2 is 2.00 bits per heavy atom. The van der Waals surface area contributed by atoms with Crippen molar-refractivity contribution in [2.75, 3.05) is 20.1 Å². The summed E-state index contributed by atoms with van der Waals surface area (Å²) in [6.07, 6.45) is 4.60. The molecule has 158 valence electrons. The summed E-state index contributed by atoms with van der Waals surface area (Å²) in [4.78, 5) is 30.1. The van der Waals surface area contributed by atoms with Gasteiger partial charge in [0.25, 0.3) is 0 Å². The van der Waals surface area contributed by atoms with Crippen molar-refractivity contribution >= 4 is 28.4 Å². The number of hydrogen-bond donors (Lipinski definition) is 1. The van der Waals surface area contributed by atoms with Crippen LogP contribution in [0.3, 0.4) is 0 Å². The van der Waals surface area contributed by atoms with Gasteiger partial charge in [-0.2, -0.15) is 0 Å². The minimum atomic E-state index is -0.142. The van der Waals surface area contributed by atoms with E-state index in [1.54, 1.807) is 11.6 Å². The van der Waals surface area contributed by atoms with Crippen LogP contribution in [-0.4, -0.2) is 40.4 Å². The van der Waals surface area contributed by atoms with Gasteiger partial charge in [-0.05, 0) is 75.0 Å². The van der Waals surface area contributed by atoms with Crippen LogP contribution < -0.4 is 5.69 Å². The molecule has 1 N–H and O–H groups in total. The first-order chi connectivity index (χ1) is 14.4. The van der Waals surface area contributed by atoms with Gasteiger partial charge >= 0.3 is 5.69 Å². The van der Waals surface area contributed by atoms with Gasteiger partial charge in [-0.1, -0.05) is 29.8 Å². The van der Waals surface area contributed by atoms with Gasteiger partial charge in [0, 0.05) is 30.1 Å². The summed E-state index contributed by atoms with van der Waals surface area (Å²) in [7, 11) is 3.86. The number of H-pyrrole nitrogens is 1. The average Bonchev–Trinajstić information content (AvgIpc) is 3.01. The van der Waals surface area contributed by atoms with Crippen LogP contribution in [-0.2, 0) is 19.9 Å². The van der Waals surface area contributed by atoms with Gasteiger partial charge in [-0.25, -0.2) is 4.79 Å². The van der Waals surface area contributed by atoms with Crippen LogP contribution in [0.1, 0.15) is 40.7 Å². The Kier molecular flexibility index (Phi) is 6.11. The molecule has 1 aliphatic carbocycles. The van der Waals surface area contributed by atoms with Gasteiger partial charge in [0.1, 0.15) is 0 Å². The van der Waals surface area contributed by atoms with Gasteiger partial charge in [0.05, 0.1) is 11.0 Å². The lowest BCUT2D eigenvalue weighted by Gasteiger charge is -2.24. The van der Waals surface area contributed by atoms with Crippen LogP contribution in [0.15, 0.2) is 41.2 Å². The van der Waals surface area contributed by atoms with E-state index in [2.05, 4.69) is 23.0 Å². The first-order valence-electron chi connectivity index (χ1n) is 10.6. The number of carbonyl (C=O) groups is 1. The third-order valence-electron chi connectivity index (χ3n) is 6.34. The summed E-state index contributed by atoms with van der Waals surface area (Å²) in [6.45, 7) is 1.91. The molecule has 0 spiro atoms. The summed E-state index contributed by atoms with van der Waals surface area (Å²) >= 11 is 6.24. The number of Topliss-reactive ketones (excluding diaryl/α,β-unsaturated/α-hetero) is 1. The number of aromatic nitrogens is 2. The highest BCUT2D eigenvalue weighted by Crippen LogP contribution is 2.31. The van der Waals surface area contributed by atoms with Crippen molar-refractivity contribution in [3.05, 3.63) is 68.6 Å². The van der Waals surface area contributed by atoms with Crippen molar-refractivity contribution in [3.8, 4) is 0 Å². The Bertz CT molecular complexity index is 1130. The molecule has 1 unspecified atom stereocenters. The highest BCUT2D eigenvalue weighted by Gasteiger charge is 2.28. The molecule has 0 bridgehead atoms. The number of hydrogen-bond acceptors (Lipinski definition) is 3. The summed E-state index contributed by atoms with van der Waals surface area (Å²) in [6, 6.07) is 11.9. The van der Waals surface area contributed by atoms with E-state index in [4.69, 9.17) is 11.6 Å². The molecule has 0 amide bonds. The van der Waals surface area contributed by atoms with Gasteiger partial charge in [0.2, 0.25) is 0 Å². The molecule has 5 nitrogen and oxygen atoms in total. The molecule has 0 fully saturated rings. The van der Waals surface area contributed by atoms with E-state index in [-0.39, 0.29) is 17.4 Å². The number of halogens is 1. The molecule has 3 aromatic rings. The van der Waals surface area contributed by atoms with Gasteiger partial charge in [-0.15, -0.1) is 0 Å². The summed E-state index contributed by atoms with van der Waals surface area (Å²) in [5, 5.41) is 0.825. The second-order valence-corrected chi connectivity index (χ2v) is 8.81. The van der Waals surface area contributed by atoms with Crippen molar-refractivity contribution in [3.63, 3.8) is 0 Å². The Balaban J connectivity index is 1.33. The second kappa shape index (κ2) is 8.78. The second-order valence-electron chi connectivity index (χ2n) is 8.40. The molecular formula is C24H28ClN3O2. The van der Waals surface area contributed by atoms with Crippen LogP contribution in [0.25, 0.3) is 11.0 Å². The van der Waals surface area contributed by atoms with Crippen LogP contribution >= 0.6 is 11.6 Å². The highest BCUT2D eigenvalue weighted by molar-refractivity contribution is 6.31. The summed E-state index contributed by atoms with van der Waals surface area (Å²) in [5.74, 6) is 0.299. The molecule has 2 aromatic carbocycles. The molecule has 0 radical (unpaired) electrons. The van der Waals surface area contributed by atoms with Crippen molar-refractivity contribution in [1.29, 1.82) is 0 Å². The maximum atomic E-state index is 13.1. The molecule has 6 heteroatoms. The van der Waals surface area contributed by atoms with E-state index in [0.717, 1.165) is 72.4 Å². The molecule has 0 aliphatic heterocycles. The van der Waals surface area contributed by atoms with Crippen molar-refractivity contribution in [2.24, 2.45) is 13.0 Å². The zero-order valence-corrected chi connectivity index (χ0v) is 18.3. The minimum Gasteiger partial charge on any atom is -0.306 e. The van der Waals surface area contributed by atoms with E-state index in [1.807, 2.05) is 30.3 Å². The van der Waals surface area contributed by atoms with Gasteiger partial charge < -0.3 is 9.88 Å². The van der Waals surface area contributed by atoms with Gasteiger partial charge in [0.15, 0.2) is 5.78 Å². The number of imidazole rings is 1. The number of aryl methyl sites for hydroxylation is 2. The number of nitrogens with zero attached hydrogens (tertiary/aromatic N) is 2. The predicted molar refractivity (Wildman–Crippen MR) is 122 cm³/mol. The van der Waals surface area contributed by atoms with Crippen LogP contribution in [0.4, 0.5) is 0 Å². The van der Waals surface area contributed by atoms with E-state index in [1.165, 1.54) is 5.56 Å². The summed E-state index contributed by atoms with van der Waals surface area (Å²) < 4.78 is 1.57. The highest BCUT2D eigenvalue weighted by atomic mass is 35.5. The average molecular weight is 426 g/mol. The first-order valence-corrected chi connectivity index (χ1v) is 11.0. The first kappa shape index (κ1) is 20.9. The Hall–Kier alpha value is -2.37. The lowest BCUT2D eigenvalue weighted by molar-refractivity contribution is 0.0891. The molecule has 1 heterocycles. The van der Waals surface area contributed by atoms with Gasteiger partial charge in [-0.3, -0.25) is 9.36 Å². The Labute approximate surface area is 181 Å². The zero-order valence-electron chi connectivity index (χ0n) is 17.6. The normalized spacial score (nSPS) is 16.4. The maximum Gasteiger partial charge on any atom is 0.326 e. The number of carbonyl (C=O) groups excluding carboxylic acids is 1. The fourth-order valence-corrected chi connectivity index (χ4v) is 4.67. The van der Waals surface area contributed by atoms with Crippen LogP contribution in [0, 0.1) is 5.92 Å². The number of rotatable bonds is 7. The van der Waals surface area contributed by atoms with E-state index < -0.39 is 0 Å².